The number of nitrogens with zero attached hydrogens (tertiary/aromatic N) is 2. The van der Waals surface area contributed by atoms with E-state index in [4.69, 9.17) is 4.99 Å². The molecule has 3 rings (SSSR count). The molecule has 0 spiro atoms. The van der Waals surface area contributed by atoms with Gasteiger partial charge in [0.15, 0.2) is 0 Å². The average Bonchev–Trinajstić information content (AvgIpc) is 2.90. The van der Waals surface area contributed by atoms with Crippen LogP contribution in [-0.2, 0) is 0 Å². The van der Waals surface area contributed by atoms with Gasteiger partial charge in [-0.3, -0.25) is 4.57 Å². The Morgan fingerprint density at radius 3 is 2.58 bits per heavy atom. The molecule has 0 N–H and O–H groups in total. The first-order valence-corrected chi connectivity index (χ1v) is 9.72. The molecule has 134 valence electrons. The number of rotatable bonds is 4. The summed E-state index contributed by atoms with van der Waals surface area (Å²) in [6.45, 7) is 10.6. The van der Waals surface area contributed by atoms with E-state index in [0.29, 0.717) is 6.42 Å². The van der Waals surface area contributed by atoms with Gasteiger partial charge >= 0.3 is 0 Å². The van der Waals surface area contributed by atoms with Crippen molar-refractivity contribution in [3.05, 3.63) is 71.9 Å². The second-order valence-corrected chi connectivity index (χ2v) is 8.62. The summed E-state index contributed by atoms with van der Waals surface area (Å²) in [7, 11) is 0. The van der Waals surface area contributed by atoms with Crippen molar-refractivity contribution in [2.75, 3.05) is 0 Å². The Kier molecular flexibility index (Phi) is 5.47. The van der Waals surface area contributed by atoms with Gasteiger partial charge < -0.3 is 0 Å². The van der Waals surface area contributed by atoms with Gasteiger partial charge in [0.1, 0.15) is 5.84 Å². The van der Waals surface area contributed by atoms with Crippen LogP contribution in [0.4, 0.5) is 0 Å². The van der Waals surface area contributed by atoms with Crippen LogP contribution in [0.3, 0.4) is 0 Å². The van der Waals surface area contributed by atoms with E-state index >= 15 is 0 Å². The lowest BCUT2D eigenvalue weighted by Gasteiger charge is -2.14. The molecule has 0 radical (unpaired) electrons. The number of aliphatic imine (C=N–C) groups is 1. The van der Waals surface area contributed by atoms with Gasteiger partial charge in [-0.05, 0) is 30.0 Å². The molecule has 0 saturated heterocycles. The van der Waals surface area contributed by atoms with Crippen molar-refractivity contribution in [3.8, 4) is 0 Å². The van der Waals surface area contributed by atoms with E-state index in [0.717, 1.165) is 22.2 Å². The monoisotopic (exact) mass is 408 g/mol. The highest BCUT2D eigenvalue weighted by molar-refractivity contribution is 9.10. The first-order valence-electron chi connectivity index (χ1n) is 8.92. The second-order valence-electron chi connectivity index (χ2n) is 7.70. The lowest BCUT2D eigenvalue weighted by molar-refractivity contribution is 0.420. The highest BCUT2D eigenvalue weighted by Gasteiger charge is 2.14. The number of aromatic nitrogens is 1. The van der Waals surface area contributed by atoms with Gasteiger partial charge in [-0.1, -0.05) is 73.1 Å². The Labute approximate surface area is 164 Å². The fraction of sp³-hybridized carbons (Fsp3) is 0.261. The first kappa shape index (κ1) is 18.7. The van der Waals surface area contributed by atoms with E-state index in [1.165, 1.54) is 16.3 Å². The van der Waals surface area contributed by atoms with Crippen molar-refractivity contribution in [1.29, 1.82) is 0 Å². The summed E-state index contributed by atoms with van der Waals surface area (Å²) < 4.78 is 3.31. The number of hydrogen-bond donors (Lipinski definition) is 0. The van der Waals surface area contributed by atoms with Gasteiger partial charge in [-0.2, -0.15) is 0 Å². The van der Waals surface area contributed by atoms with Crippen LogP contribution in [-0.4, -0.2) is 10.4 Å². The van der Waals surface area contributed by atoms with Crippen molar-refractivity contribution in [2.45, 2.75) is 33.6 Å². The number of halogens is 1. The molecule has 1 heterocycles. The molecule has 0 fully saturated rings. The van der Waals surface area contributed by atoms with Gasteiger partial charge in [-0.25, -0.2) is 4.99 Å². The molecule has 0 amide bonds. The zero-order valence-corrected chi connectivity index (χ0v) is 17.3. The largest absolute Gasteiger partial charge is 0.297 e. The van der Waals surface area contributed by atoms with Gasteiger partial charge in [0.05, 0.1) is 11.0 Å². The lowest BCUT2D eigenvalue weighted by atomic mass is 9.92. The minimum atomic E-state index is 0.266. The smallest absolute Gasteiger partial charge is 0.117 e. The van der Waals surface area contributed by atoms with Gasteiger partial charge in [0.25, 0.3) is 0 Å². The normalized spacial score (nSPS) is 13.2. The lowest BCUT2D eigenvalue weighted by Crippen LogP contribution is -2.10. The van der Waals surface area contributed by atoms with Crippen LogP contribution in [0.5, 0.6) is 0 Å². The van der Waals surface area contributed by atoms with E-state index < -0.39 is 0 Å². The zero-order valence-electron chi connectivity index (χ0n) is 15.7. The summed E-state index contributed by atoms with van der Waals surface area (Å²) >= 11 is 3.61. The maximum absolute atomic E-state index is 4.80. The number of fused-ring (bicyclic) bond motifs is 3. The van der Waals surface area contributed by atoms with Crippen LogP contribution in [0.25, 0.3) is 21.8 Å². The highest BCUT2D eigenvalue weighted by atomic mass is 79.9. The molecule has 26 heavy (non-hydrogen) atoms. The second kappa shape index (κ2) is 7.63. The van der Waals surface area contributed by atoms with Crippen molar-refractivity contribution in [3.63, 3.8) is 0 Å². The zero-order chi connectivity index (χ0) is 18.7. The van der Waals surface area contributed by atoms with Crippen LogP contribution in [0.1, 0.15) is 33.6 Å². The van der Waals surface area contributed by atoms with Gasteiger partial charge in [-0.15, -0.1) is 6.58 Å². The molecule has 0 aliphatic carbocycles. The topological polar surface area (TPSA) is 17.3 Å². The summed E-state index contributed by atoms with van der Waals surface area (Å²) in [6.07, 6.45) is 7.70. The van der Waals surface area contributed by atoms with E-state index in [9.17, 15) is 0 Å². The van der Waals surface area contributed by atoms with E-state index in [1.807, 2.05) is 12.3 Å². The molecule has 0 unspecified atom stereocenters. The quantitative estimate of drug-likeness (QED) is 0.244. The van der Waals surface area contributed by atoms with Crippen LogP contribution in [0.15, 0.2) is 76.9 Å². The summed E-state index contributed by atoms with van der Waals surface area (Å²) in [6, 6.07) is 14.9. The Balaban J connectivity index is 2.18. The third-order valence-electron chi connectivity index (χ3n) is 4.28. The summed E-state index contributed by atoms with van der Waals surface area (Å²) in [5.74, 6) is 0.981. The highest BCUT2D eigenvalue weighted by Crippen LogP contribution is 2.31. The maximum Gasteiger partial charge on any atom is 0.117 e. The molecule has 0 aliphatic heterocycles. The molecule has 2 aromatic carbocycles. The summed E-state index contributed by atoms with van der Waals surface area (Å²) in [5.41, 5.74) is 2.60. The molecule has 3 aromatic rings. The Morgan fingerprint density at radius 1 is 1.12 bits per heavy atom. The third-order valence-corrected chi connectivity index (χ3v) is 4.77. The van der Waals surface area contributed by atoms with Gasteiger partial charge in [0.2, 0.25) is 0 Å². The standard InChI is InChI=1S/C23H25BrN2/c1-5-9-22(25-15-8-14-23(2,3)4)26-20-11-7-6-10-18(20)19-13-12-17(24)16-21(19)26/h5-8,10-13,15-16H,1,9,14H2,2-4H3/b15-8-,25-22?. The van der Waals surface area contributed by atoms with Crippen molar-refractivity contribution >= 4 is 43.6 Å². The minimum Gasteiger partial charge on any atom is -0.297 e. The van der Waals surface area contributed by atoms with Crippen molar-refractivity contribution < 1.29 is 0 Å². The summed E-state index contributed by atoms with van der Waals surface area (Å²) in [4.78, 5) is 4.80. The number of benzene rings is 2. The predicted octanol–water partition coefficient (Wildman–Crippen LogP) is 7.33. The van der Waals surface area contributed by atoms with E-state index in [-0.39, 0.29) is 5.41 Å². The minimum absolute atomic E-state index is 0.266. The molecule has 0 aliphatic rings. The Morgan fingerprint density at radius 2 is 1.85 bits per heavy atom. The molecular weight excluding hydrogens is 384 g/mol. The third kappa shape index (κ3) is 3.99. The summed E-state index contributed by atoms with van der Waals surface area (Å²) in [5, 5.41) is 2.48. The Bertz CT molecular complexity index is 1000. The molecular formula is C23H25BrN2. The van der Waals surface area contributed by atoms with Crippen LogP contribution >= 0.6 is 15.9 Å². The predicted molar refractivity (Wildman–Crippen MR) is 118 cm³/mol. The number of allylic oxidation sites excluding steroid dienone is 2. The van der Waals surface area contributed by atoms with Crippen molar-refractivity contribution in [2.24, 2.45) is 10.4 Å². The molecule has 2 nitrogen and oxygen atoms in total. The molecule has 1 aromatic heterocycles. The fourth-order valence-electron chi connectivity index (χ4n) is 3.10. The van der Waals surface area contributed by atoms with Crippen LogP contribution < -0.4 is 0 Å². The van der Waals surface area contributed by atoms with Crippen molar-refractivity contribution in [1.82, 2.24) is 4.57 Å². The van der Waals surface area contributed by atoms with E-state index in [1.54, 1.807) is 0 Å². The van der Waals surface area contributed by atoms with Crippen LogP contribution in [0.2, 0.25) is 0 Å². The maximum atomic E-state index is 4.80. The molecule has 0 saturated carbocycles. The number of para-hydroxylation sites is 1. The van der Waals surface area contributed by atoms with E-state index in [2.05, 4.69) is 96.4 Å². The molecule has 0 atom stereocenters. The molecule has 0 bridgehead atoms. The SMILES string of the molecule is C=CCC(=N/C=C\CC(C)(C)C)n1c2ccccc2c2ccc(Br)cc21. The fourth-order valence-corrected chi connectivity index (χ4v) is 3.45. The Hall–Kier alpha value is -2.13. The molecule has 3 heteroatoms. The van der Waals surface area contributed by atoms with Crippen LogP contribution in [0, 0.1) is 5.41 Å². The first-order chi connectivity index (χ1) is 12.4. The number of hydrogen-bond acceptors (Lipinski definition) is 1. The van der Waals surface area contributed by atoms with Gasteiger partial charge in [0, 0.05) is 27.9 Å². The average molecular weight is 409 g/mol.